The molecule has 0 bridgehead atoms. The molecule has 24 nitrogen and oxygen atoms in total. The number of unbranched alkanes of at least 4 members (excludes halogenated alkanes) is 14. The van der Waals surface area contributed by atoms with E-state index in [1.54, 1.807) is 42.5 Å². The third-order valence-electron chi connectivity index (χ3n) is 10.6. The maximum atomic E-state index is 12.6. The van der Waals surface area contributed by atoms with Crippen LogP contribution in [0, 0.1) is 30.3 Å². The summed E-state index contributed by atoms with van der Waals surface area (Å²) in [7, 11) is 0. The molecule has 3 amide bonds. The number of rotatable bonds is 27. The molecule has 412 valence electrons. The van der Waals surface area contributed by atoms with Gasteiger partial charge in [0.2, 0.25) is 0 Å². The number of nitrogens with one attached hydrogen (secondary N) is 3. The summed E-state index contributed by atoms with van der Waals surface area (Å²) in [6.07, 6.45) is 22.4. The number of nitro groups is 3. The first-order valence-electron chi connectivity index (χ1n) is 24.2. The van der Waals surface area contributed by atoms with Crippen LogP contribution in [0.5, 0.6) is 17.2 Å². The first-order chi connectivity index (χ1) is 36.6. The van der Waals surface area contributed by atoms with Gasteiger partial charge in [-0.2, -0.15) is 0 Å². The van der Waals surface area contributed by atoms with Gasteiger partial charge in [0.25, 0.3) is 17.7 Å². The van der Waals surface area contributed by atoms with E-state index in [0.29, 0.717) is 6.42 Å². The van der Waals surface area contributed by atoms with Crippen LogP contribution in [0.1, 0.15) is 148 Å². The Morgan fingerprint density at radius 1 is 0.513 bits per heavy atom. The molecule has 0 saturated heterocycles. The fourth-order valence-electron chi connectivity index (χ4n) is 6.84. The van der Waals surface area contributed by atoms with Gasteiger partial charge in [0.05, 0.1) is 31.5 Å². The van der Waals surface area contributed by atoms with Crippen LogP contribution in [0.3, 0.4) is 0 Å². The first kappa shape index (κ1) is 66.6. The van der Waals surface area contributed by atoms with Gasteiger partial charge in [-0.15, -0.1) is 0 Å². The van der Waals surface area contributed by atoms with Crippen LogP contribution in [0.15, 0.2) is 91.4 Å². The molecule has 28 heteroatoms. The number of amides is 3. The molecule has 0 fully saturated rings. The molecule has 6 aromatic rings. The summed E-state index contributed by atoms with van der Waals surface area (Å²) in [5.41, 5.74) is 0.381. The summed E-state index contributed by atoms with van der Waals surface area (Å²) in [6, 6.07) is 18.6. The van der Waals surface area contributed by atoms with E-state index in [1.807, 2.05) is 0 Å². The van der Waals surface area contributed by atoms with E-state index in [9.17, 15) is 59.4 Å². The number of aromatic hydroxyl groups is 1. The number of aromatic nitrogens is 3. The third-order valence-corrected chi connectivity index (χ3v) is 13.1. The monoisotopic (exact) mass is 1130 g/mol. The average molecular weight is 1130 g/mol. The summed E-state index contributed by atoms with van der Waals surface area (Å²) < 4.78 is 10.4. The molecule has 78 heavy (non-hydrogen) atoms. The van der Waals surface area contributed by atoms with Crippen molar-refractivity contribution in [1.29, 1.82) is 0 Å². The van der Waals surface area contributed by atoms with E-state index < -0.39 is 38.5 Å². The second-order valence-corrected chi connectivity index (χ2v) is 19.4. The topological polar surface area (TPSA) is 358 Å². The van der Waals surface area contributed by atoms with Gasteiger partial charge in [0, 0.05) is 13.3 Å². The zero-order chi connectivity index (χ0) is 55.2. The van der Waals surface area contributed by atoms with E-state index in [1.165, 1.54) is 114 Å². The number of phenolic OH excluding ortho intramolecular Hbond substituents is 1. The number of nitrogens with zero attached hydrogens (tertiary/aromatic N) is 6. The first-order valence-corrected chi connectivity index (χ1v) is 26.6. The Labute approximate surface area is 472 Å². The van der Waals surface area contributed by atoms with Crippen molar-refractivity contribution in [2.75, 3.05) is 16.0 Å². The summed E-state index contributed by atoms with van der Waals surface area (Å²) in [5.74, 6) is -2.51. The minimum absolute atomic E-state index is 0. The number of phenols is 1. The van der Waals surface area contributed by atoms with Crippen molar-refractivity contribution in [3.8, 4) is 17.2 Å². The molecule has 0 spiro atoms. The smallest absolute Gasteiger partial charge is 0.870 e. The Morgan fingerprint density at radius 2 is 0.833 bits per heavy atom. The van der Waals surface area contributed by atoms with Gasteiger partial charge < -0.3 is 20.1 Å². The number of esters is 2. The predicted octanol–water partition coefficient (Wildman–Crippen LogP) is 9.54. The van der Waals surface area contributed by atoms with Crippen molar-refractivity contribution in [2.24, 2.45) is 0 Å². The minimum Gasteiger partial charge on any atom is -0.870 e. The number of para-hydroxylation sites is 3. The van der Waals surface area contributed by atoms with Gasteiger partial charge in [-0.05, 0) is 76.8 Å². The van der Waals surface area contributed by atoms with Crippen molar-refractivity contribution in [3.05, 3.63) is 138 Å². The van der Waals surface area contributed by atoms with Crippen molar-refractivity contribution < 1.29 is 77.7 Å². The Bertz CT molecular complexity index is 2900. The Hall–Kier alpha value is -7.54. The number of anilines is 3. The van der Waals surface area contributed by atoms with Crippen molar-refractivity contribution >= 4 is 94.1 Å². The zero-order valence-electron chi connectivity index (χ0n) is 43.1. The number of ether oxygens (including phenoxy) is 2. The third kappa shape index (κ3) is 24.2. The van der Waals surface area contributed by atoms with Crippen LogP contribution in [0.4, 0.5) is 30.4 Å². The minimum atomic E-state index is -0.597. The molecular formula is C50H58LiN9O15S3. The van der Waals surface area contributed by atoms with E-state index in [4.69, 9.17) is 9.47 Å². The molecule has 0 atom stereocenters. The van der Waals surface area contributed by atoms with Crippen LogP contribution < -0.4 is 44.3 Å². The van der Waals surface area contributed by atoms with Crippen LogP contribution >= 0.6 is 34.0 Å². The summed E-state index contributed by atoms with van der Waals surface area (Å²) in [4.78, 5) is 101. The van der Waals surface area contributed by atoms with E-state index in [0.717, 1.165) is 71.9 Å². The molecular weight excluding hydrogens is 1070 g/mol. The van der Waals surface area contributed by atoms with Gasteiger partial charge in [0.1, 0.15) is 35.8 Å². The van der Waals surface area contributed by atoms with Gasteiger partial charge in [-0.25, -0.2) is 15.0 Å². The fraction of sp³-hybridized carbons (Fsp3) is 0.360. The van der Waals surface area contributed by atoms with Crippen molar-refractivity contribution in [1.82, 2.24) is 15.0 Å². The molecule has 3 aromatic heterocycles. The number of benzene rings is 3. The standard InChI is InChI=1S/C28H41N3O5S.C12H9N3O5S.C10H7N3O4S.Li.H2O/c1-2-3-4-5-6-7-8-9-10-11-12-13-14-15-16-21-26(32)36-24-20-18-17-19-23(24)27(33)30-28-29-22-25(37-28)31(34)35;1-7(16)20-9-5-3-2-4-8(9)11(17)14-12-13-6-10(21-12)15(18)19;14-7-4-2-1-3-6(7)9(15)12-10-11-5-8(18-10)13(16)17;;/h17-20,22H,2-16,21H2,1H3,(H,29,30,33);2-6H,1H3,(H,13,14,17);1-5,14H,(H,11,12,15);;1H2/q;;;+1;/p-1. The van der Waals surface area contributed by atoms with Crippen LogP contribution in [-0.2, 0) is 9.59 Å². The number of hydrogen-bond acceptors (Lipinski definition) is 21. The quantitative estimate of drug-likeness (QED) is 0.00930. The van der Waals surface area contributed by atoms with E-state index >= 15 is 0 Å². The number of hydrogen-bond donors (Lipinski definition) is 4. The molecule has 0 radical (unpaired) electrons. The average Bonchev–Trinajstić information content (AvgIpc) is 4.19. The molecule has 0 aliphatic heterocycles. The number of thiazole rings is 3. The largest absolute Gasteiger partial charge is 1.00 e. The maximum absolute atomic E-state index is 12.6. The van der Waals surface area contributed by atoms with Crippen LogP contribution in [0.25, 0.3) is 0 Å². The molecule has 0 unspecified atom stereocenters. The second kappa shape index (κ2) is 36.5. The Morgan fingerprint density at radius 3 is 1.18 bits per heavy atom. The fourth-order valence-corrected chi connectivity index (χ4v) is 8.72. The van der Waals surface area contributed by atoms with Gasteiger partial charge in [-0.1, -0.05) is 133 Å². The molecule has 0 aliphatic rings. The normalized spacial score (nSPS) is 10.1. The molecule has 0 saturated carbocycles. The number of carbonyl (C=O) groups is 5. The second-order valence-electron chi connectivity index (χ2n) is 16.4. The van der Waals surface area contributed by atoms with Crippen molar-refractivity contribution in [2.45, 2.75) is 117 Å². The SMILES string of the molecule is CC(=O)Oc1ccccc1C(=O)Nc1ncc([N+](=O)[O-])s1.CCCCCCCCCCCCCCCCCC(=O)Oc1ccccc1C(=O)Nc1ncc([N+](=O)[O-])s1.O=C(Nc1ncc([N+](=O)[O-])s1)c1ccccc1O.[Li+].[OH-]. The number of carbonyl (C=O) groups excluding carboxylic acids is 5. The van der Waals surface area contributed by atoms with Crippen LogP contribution in [-0.4, -0.2) is 70.0 Å². The maximum Gasteiger partial charge on any atom is 1.00 e. The summed E-state index contributed by atoms with van der Waals surface area (Å²) >= 11 is 2.24. The predicted molar refractivity (Wildman–Crippen MR) is 290 cm³/mol. The molecule has 0 aliphatic carbocycles. The molecule has 5 N–H and O–H groups in total. The van der Waals surface area contributed by atoms with E-state index in [2.05, 4.69) is 37.8 Å². The summed E-state index contributed by atoms with van der Waals surface area (Å²) in [5, 5.41) is 48.4. The summed E-state index contributed by atoms with van der Waals surface area (Å²) in [6.45, 7) is 3.48. The molecule has 6 rings (SSSR count). The van der Waals surface area contributed by atoms with Gasteiger partial charge in [0.15, 0.2) is 15.4 Å². The van der Waals surface area contributed by atoms with Crippen molar-refractivity contribution in [3.63, 3.8) is 0 Å². The van der Waals surface area contributed by atoms with Gasteiger partial charge in [-0.3, -0.25) is 70.3 Å². The molecule has 3 heterocycles. The molecule has 3 aromatic carbocycles. The Balaban J connectivity index is 0.000000429. The zero-order valence-corrected chi connectivity index (χ0v) is 45.5. The van der Waals surface area contributed by atoms with Crippen LogP contribution in [0.2, 0.25) is 0 Å². The van der Waals surface area contributed by atoms with Gasteiger partial charge >= 0.3 is 45.8 Å². The Kier molecular flexibility index (Phi) is 31.1. The van der Waals surface area contributed by atoms with E-state index in [-0.39, 0.29) is 94.6 Å².